The molecule has 0 atom stereocenters. The first kappa shape index (κ1) is 8.34. The molecule has 0 N–H and O–H groups in total. The first-order valence-electron chi connectivity index (χ1n) is 3.33. The van der Waals surface area contributed by atoms with Crippen molar-refractivity contribution in [3.63, 3.8) is 0 Å². The van der Waals surface area contributed by atoms with Gasteiger partial charge in [0.15, 0.2) is 0 Å². The second-order valence-electron chi connectivity index (χ2n) is 2.40. The Labute approximate surface area is 70.9 Å². The Balaban J connectivity index is 2.97. The summed E-state index contributed by atoms with van der Waals surface area (Å²) in [5.41, 5.74) is 1.62. The van der Waals surface area contributed by atoms with Gasteiger partial charge in [0.2, 0.25) is 5.89 Å². The van der Waals surface area contributed by atoms with Gasteiger partial charge in [0.05, 0.1) is 11.6 Å². The normalized spacial score (nSPS) is 10.1. The van der Waals surface area contributed by atoms with Crippen molar-refractivity contribution in [3.8, 4) is 0 Å². The van der Waals surface area contributed by atoms with Crippen LogP contribution in [0.1, 0.15) is 17.3 Å². The molecular formula is C8H10ClNO. The van der Waals surface area contributed by atoms with Gasteiger partial charge < -0.3 is 4.42 Å². The Hall–Kier alpha value is -0.760. The predicted molar refractivity (Wildman–Crippen MR) is 45.7 cm³/mol. The average Bonchev–Trinajstić information content (AvgIpc) is 2.31. The molecule has 1 aromatic heterocycles. The summed E-state index contributed by atoms with van der Waals surface area (Å²) < 4.78 is 5.27. The molecule has 0 saturated carbocycles. The summed E-state index contributed by atoms with van der Waals surface area (Å²) in [6.45, 7) is 7.47. The van der Waals surface area contributed by atoms with Crippen molar-refractivity contribution in [2.45, 2.75) is 13.8 Å². The Bertz CT molecular complexity index is 258. The Morgan fingerprint density at radius 2 is 2.27 bits per heavy atom. The topological polar surface area (TPSA) is 26.0 Å². The highest BCUT2D eigenvalue weighted by Gasteiger charge is 2.07. The summed E-state index contributed by atoms with van der Waals surface area (Å²) in [7, 11) is 0. The molecule has 0 unspecified atom stereocenters. The molecule has 3 heteroatoms. The quantitative estimate of drug-likeness (QED) is 0.640. The number of alkyl halides is 1. The van der Waals surface area contributed by atoms with Crippen LogP contribution in [0, 0.1) is 13.8 Å². The monoisotopic (exact) mass is 171 g/mol. The van der Waals surface area contributed by atoms with Gasteiger partial charge in [0.25, 0.3) is 0 Å². The third-order valence-electron chi connectivity index (χ3n) is 1.49. The van der Waals surface area contributed by atoms with E-state index >= 15 is 0 Å². The summed E-state index contributed by atoms with van der Waals surface area (Å²) in [5.74, 6) is 1.74. The fourth-order valence-corrected chi connectivity index (χ4v) is 0.795. The molecule has 0 spiro atoms. The van der Waals surface area contributed by atoms with Crippen LogP contribution >= 0.6 is 11.6 Å². The van der Waals surface area contributed by atoms with Crippen LogP contribution in [0.4, 0.5) is 0 Å². The van der Waals surface area contributed by atoms with E-state index in [9.17, 15) is 0 Å². The van der Waals surface area contributed by atoms with Gasteiger partial charge in [-0.2, -0.15) is 0 Å². The van der Waals surface area contributed by atoms with E-state index < -0.39 is 0 Å². The van der Waals surface area contributed by atoms with Gasteiger partial charge in [0.1, 0.15) is 5.76 Å². The van der Waals surface area contributed by atoms with Crippen molar-refractivity contribution in [1.82, 2.24) is 4.98 Å². The molecule has 1 rings (SSSR count). The number of aromatic nitrogens is 1. The SMILES string of the molecule is C=C(CCl)c1nc(C)c(C)o1. The lowest BCUT2D eigenvalue weighted by molar-refractivity contribution is 0.512. The first-order valence-corrected chi connectivity index (χ1v) is 3.86. The fourth-order valence-electron chi connectivity index (χ4n) is 0.681. The number of allylic oxidation sites excluding steroid dienone is 1. The Morgan fingerprint density at radius 1 is 1.64 bits per heavy atom. The summed E-state index contributed by atoms with van der Waals surface area (Å²) >= 11 is 5.55. The van der Waals surface area contributed by atoms with Crippen LogP contribution in [-0.2, 0) is 0 Å². The number of nitrogens with zero attached hydrogens (tertiary/aromatic N) is 1. The molecule has 1 aromatic rings. The highest BCUT2D eigenvalue weighted by Crippen LogP contribution is 2.16. The van der Waals surface area contributed by atoms with E-state index in [1.807, 2.05) is 13.8 Å². The summed E-state index contributed by atoms with van der Waals surface area (Å²) in [4.78, 5) is 4.13. The largest absolute Gasteiger partial charge is 0.441 e. The van der Waals surface area contributed by atoms with Gasteiger partial charge in [-0.15, -0.1) is 11.6 Å². The number of hydrogen-bond acceptors (Lipinski definition) is 2. The second-order valence-corrected chi connectivity index (χ2v) is 2.67. The van der Waals surface area contributed by atoms with Gasteiger partial charge in [-0.1, -0.05) is 6.58 Å². The van der Waals surface area contributed by atoms with Gasteiger partial charge in [0, 0.05) is 5.57 Å². The fraction of sp³-hybridized carbons (Fsp3) is 0.375. The molecular weight excluding hydrogens is 162 g/mol. The summed E-state index contributed by atoms with van der Waals surface area (Å²) in [6.07, 6.45) is 0. The Morgan fingerprint density at radius 3 is 2.64 bits per heavy atom. The van der Waals surface area contributed by atoms with Gasteiger partial charge in [-0.3, -0.25) is 0 Å². The van der Waals surface area contributed by atoms with Crippen molar-refractivity contribution < 1.29 is 4.42 Å². The van der Waals surface area contributed by atoms with E-state index in [2.05, 4.69) is 11.6 Å². The van der Waals surface area contributed by atoms with Crippen LogP contribution in [0.15, 0.2) is 11.0 Å². The number of aryl methyl sites for hydroxylation is 2. The lowest BCUT2D eigenvalue weighted by Gasteiger charge is -1.90. The van der Waals surface area contributed by atoms with E-state index in [1.54, 1.807) is 0 Å². The molecule has 11 heavy (non-hydrogen) atoms. The van der Waals surface area contributed by atoms with Crippen LogP contribution in [0.5, 0.6) is 0 Å². The van der Waals surface area contributed by atoms with Gasteiger partial charge >= 0.3 is 0 Å². The number of oxazole rings is 1. The molecule has 0 saturated heterocycles. The molecule has 0 aliphatic carbocycles. The first-order chi connectivity index (χ1) is 5.15. The zero-order valence-corrected chi connectivity index (χ0v) is 7.40. The van der Waals surface area contributed by atoms with Crippen molar-refractivity contribution in [2.75, 3.05) is 5.88 Å². The maximum Gasteiger partial charge on any atom is 0.222 e. The molecule has 0 bridgehead atoms. The minimum atomic E-state index is 0.361. The van der Waals surface area contributed by atoms with E-state index in [0.29, 0.717) is 11.8 Å². The minimum absolute atomic E-state index is 0.361. The molecule has 0 aromatic carbocycles. The second kappa shape index (κ2) is 3.09. The smallest absolute Gasteiger partial charge is 0.222 e. The zero-order chi connectivity index (χ0) is 8.43. The molecule has 0 radical (unpaired) electrons. The number of halogens is 1. The van der Waals surface area contributed by atoms with Gasteiger partial charge in [-0.25, -0.2) is 4.98 Å². The maximum absolute atomic E-state index is 5.55. The van der Waals surface area contributed by atoms with E-state index in [0.717, 1.165) is 17.0 Å². The highest BCUT2D eigenvalue weighted by molar-refractivity contribution is 6.22. The summed E-state index contributed by atoms with van der Waals surface area (Å²) in [6, 6.07) is 0. The van der Waals surface area contributed by atoms with E-state index in [-0.39, 0.29) is 0 Å². The van der Waals surface area contributed by atoms with Gasteiger partial charge in [-0.05, 0) is 13.8 Å². The molecule has 0 fully saturated rings. The zero-order valence-electron chi connectivity index (χ0n) is 6.65. The van der Waals surface area contributed by atoms with Crippen LogP contribution < -0.4 is 0 Å². The van der Waals surface area contributed by atoms with Crippen LogP contribution in [-0.4, -0.2) is 10.9 Å². The standard InChI is InChI=1S/C8H10ClNO/c1-5(4-9)8-10-6(2)7(3)11-8/h1,4H2,2-3H3. The minimum Gasteiger partial charge on any atom is -0.441 e. The highest BCUT2D eigenvalue weighted by atomic mass is 35.5. The third-order valence-corrected chi connectivity index (χ3v) is 1.81. The van der Waals surface area contributed by atoms with E-state index in [4.69, 9.17) is 16.0 Å². The van der Waals surface area contributed by atoms with Crippen LogP contribution in [0.25, 0.3) is 5.57 Å². The van der Waals surface area contributed by atoms with Crippen LogP contribution in [0.3, 0.4) is 0 Å². The predicted octanol–water partition coefficient (Wildman–Crippen LogP) is 2.54. The number of hydrogen-bond donors (Lipinski definition) is 0. The van der Waals surface area contributed by atoms with Crippen molar-refractivity contribution in [1.29, 1.82) is 0 Å². The third kappa shape index (κ3) is 1.63. The molecule has 0 aliphatic rings. The number of rotatable bonds is 2. The van der Waals surface area contributed by atoms with Crippen molar-refractivity contribution in [3.05, 3.63) is 23.9 Å². The molecule has 0 aliphatic heterocycles. The summed E-state index contributed by atoms with van der Waals surface area (Å²) in [5, 5.41) is 0. The van der Waals surface area contributed by atoms with Crippen LogP contribution in [0.2, 0.25) is 0 Å². The van der Waals surface area contributed by atoms with E-state index in [1.165, 1.54) is 0 Å². The molecule has 1 heterocycles. The average molecular weight is 172 g/mol. The molecule has 2 nitrogen and oxygen atoms in total. The maximum atomic E-state index is 5.55. The lowest BCUT2D eigenvalue weighted by atomic mass is 10.3. The van der Waals surface area contributed by atoms with Crippen molar-refractivity contribution >= 4 is 17.2 Å². The van der Waals surface area contributed by atoms with Crippen molar-refractivity contribution in [2.24, 2.45) is 0 Å². The molecule has 0 amide bonds. The lowest BCUT2D eigenvalue weighted by Crippen LogP contribution is -1.82. The Kier molecular flexibility index (Phi) is 2.35. The molecule has 60 valence electrons.